The van der Waals surface area contributed by atoms with E-state index in [0.717, 1.165) is 11.1 Å². The molecule has 2 rings (SSSR count). The van der Waals surface area contributed by atoms with Crippen molar-refractivity contribution in [2.45, 2.75) is 45.4 Å². The topological polar surface area (TPSA) is 137 Å². The molecule has 9 nitrogen and oxygen atoms in total. The van der Waals surface area contributed by atoms with E-state index >= 15 is 0 Å². The average Bonchev–Trinajstić information content (AvgIpc) is 2.81. The quantitative estimate of drug-likeness (QED) is 0.407. The lowest BCUT2D eigenvalue weighted by molar-refractivity contribution is -0.145. The molecular weight excluding hydrogens is 438 g/mol. The highest BCUT2D eigenvalue weighted by atomic mass is 16.5. The van der Waals surface area contributed by atoms with Gasteiger partial charge in [-0.1, -0.05) is 67.6 Å². The minimum atomic E-state index is -1.13. The monoisotopic (exact) mass is 469 g/mol. The van der Waals surface area contributed by atoms with Gasteiger partial charge >= 0.3 is 12.1 Å². The fraction of sp³-hybridized carbons (Fsp3) is 0.360. The summed E-state index contributed by atoms with van der Waals surface area (Å²) in [6.45, 7) is 3.52. The first kappa shape index (κ1) is 26.4. The van der Waals surface area contributed by atoms with Crippen LogP contribution in [0.25, 0.3) is 0 Å². The summed E-state index contributed by atoms with van der Waals surface area (Å²) in [6, 6.07) is 16.0. The number of rotatable bonds is 12. The maximum Gasteiger partial charge on any atom is 0.408 e. The number of nitrogens with one attached hydrogen (secondary N) is 2. The molecule has 0 bridgehead atoms. The van der Waals surface area contributed by atoms with Crippen molar-refractivity contribution in [3.8, 4) is 0 Å². The Kier molecular flexibility index (Phi) is 10.6. The van der Waals surface area contributed by atoms with Crippen molar-refractivity contribution in [3.63, 3.8) is 0 Å². The summed E-state index contributed by atoms with van der Waals surface area (Å²) in [7, 11) is 0. The second-order valence-corrected chi connectivity index (χ2v) is 7.82. The molecule has 2 aromatic carbocycles. The Morgan fingerprint density at radius 1 is 0.882 bits per heavy atom. The van der Waals surface area contributed by atoms with E-state index in [1.54, 1.807) is 13.8 Å². The number of amides is 3. The lowest BCUT2D eigenvalue weighted by Gasteiger charge is -2.25. The van der Waals surface area contributed by atoms with Gasteiger partial charge in [-0.25, -0.2) is 4.79 Å². The van der Waals surface area contributed by atoms with Gasteiger partial charge in [0.05, 0.1) is 13.0 Å². The standard InChI is InChI=1S/C25H31N3O6/c1-3-33-21(29)14-17(2)22(23(26)30)28-24(31)20(15-18-10-6-4-7-11-18)27-25(32)34-16-19-12-8-5-9-13-19/h4-13,17,20,22H,3,14-16H2,1-2H3,(H2,26,30)(H,27,32)(H,28,31)/t17-,20+,22+/m1/s1. The maximum absolute atomic E-state index is 13.1. The van der Waals surface area contributed by atoms with Crippen LogP contribution in [-0.2, 0) is 36.9 Å². The number of primary amides is 1. The number of carbonyl (C=O) groups excluding carboxylic acids is 4. The molecule has 0 unspecified atom stereocenters. The molecule has 0 aliphatic carbocycles. The number of esters is 1. The third-order valence-corrected chi connectivity index (χ3v) is 5.07. The van der Waals surface area contributed by atoms with Crippen molar-refractivity contribution >= 4 is 23.9 Å². The van der Waals surface area contributed by atoms with Crippen LogP contribution < -0.4 is 16.4 Å². The van der Waals surface area contributed by atoms with Crippen LogP contribution >= 0.6 is 0 Å². The first-order valence-corrected chi connectivity index (χ1v) is 11.1. The van der Waals surface area contributed by atoms with Crippen molar-refractivity contribution in [1.82, 2.24) is 10.6 Å². The Morgan fingerprint density at radius 3 is 2.03 bits per heavy atom. The van der Waals surface area contributed by atoms with Crippen molar-refractivity contribution in [3.05, 3.63) is 71.8 Å². The summed E-state index contributed by atoms with van der Waals surface area (Å²) in [5, 5.41) is 5.13. The second-order valence-electron chi connectivity index (χ2n) is 7.82. The number of ether oxygens (including phenoxy) is 2. The molecule has 0 fully saturated rings. The van der Waals surface area contributed by atoms with Crippen LogP contribution in [0.4, 0.5) is 4.79 Å². The molecule has 34 heavy (non-hydrogen) atoms. The number of hydrogen-bond donors (Lipinski definition) is 3. The molecule has 0 radical (unpaired) electrons. The van der Waals surface area contributed by atoms with Gasteiger partial charge in [-0.05, 0) is 24.0 Å². The molecule has 0 aromatic heterocycles. The molecule has 0 heterocycles. The van der Waals surface area contributed by atoms with Crippen molar-refractivity contribution in [2.24, 2.45) is 11.7 Å². The molecule has 4 N–H and O–H groups in total. The van der Waals surface area contributed by atoms with E-state index in [9.17, 15) is 19.2 Å². The predicted molar refractivity (Wildman–Crippen MR) is 125 cm³/mol. The minimum absolute atomic E-state index is 0.0346. The highest BCUT2D eigenvalue weighted by molar-refractivity contribution is 5.91. The number of nitrogens with two attached hydrogens (primary N) is 1. The second kappa shape index (κ2) is 13.6. The van der Waals surface area contributed by atoms with Crippen LogP contribution in [0.3, 0.4) is 0 Å². The summed E-state index contributed by atoms with van der Waals surface area (Å²) in [5.41, 5.74) is 7.07. The SMILES string of the molecule is CCOC(=O)C[C@@H](C)[C@H](NC(=O)[C@H](Cc1ccccc1)NC(=O)OCc1ccccc1)C(N)=O. The van der Waals surface area contributed by atoms with E-state index < -0.39 is 41.9 Å². The van der Waals surface area contributed by atoms with Gasteiger partial charge in [-0.3, -0.25) is 14.4 Å². The van der Waals surface area contributed by atoms with Gasteiger partial charge in [-0.2, -0.15) is 0 Å². The van der Waals surface area contributed by atoms with Gasteiger partial charge < -0.3 is 25.8 Å². The van der Waals surface area contributed by atoms with Crippen molar-refractivity contribution < 1.29 is 28.7 Å². The molecule has 3 amide bonds. The van der Waals surface area contributed by atoms with Gasteiger partial charge in [-0.15, -0.1) is 0 Å². The van der Waals surface area contributed by atoms with E-state index in [4.69, 9.17) is 15.2 Å². The number of alkyl carbamates (subject to hydrolysis) is 1. The first-order chi connectivity index (χ1) is 16.3. The highest BCUT2D eigenvalue weighted by Crippen LogP contribution is 2.11. The van der Waals surface area contributed by atoms with E-state index in [1.165, 1.54) is 0 Å². The van der Waals surface area contributed by atoms with Crippen molar-refractivity contribution in [1.29, 1.82) is 0 Å². The minimum Gasteiger partial charge on any atom is -0.466 e. The van der Waals surface area contributed by atoms with Crippen molar-refractivity contribution in [2.75, 3.05) is 6.61 Å². The maximum atomic E-state index is 13.1. The van der Waals surface area contributed by atoms with Gasteiger partial charge in [0.1, 0.15) is 18.7 Å². The fourth-order valence-electron chi connectivity index (χ4n) is 3.31. The molecular formula is C25H31N3O6. The Labute approximate surface area is 199 Å². The third-order valence-electron chi connectivity index (χ3n) is 5.07. The normalized spacial score (nSPS) is 13.1. The van der Waals surface area contributed by atoms with Crippen LogP contribution in [0.2, 0.25) is 0 Å². The number of hydrogen-bond acceptors (Lipinski definition) is 6. The van der Waals surface area contributed by atoms with E-state index in [2.05, 4.69) is 10.6 Å². The van der Waals surface area contributed by atoms with Gasteiger partial charge in [0.15, 0.2) is 0 Å². The molecule has 0 saturated heterocycles. The van der Waals surface area contributed by atoms with E-state index in [-0.39, 0.29) is 26.1 Å². The van der Waals surface area contributed by atoms with E-state index in [1.807, 2.05) is 60.7 Å². The Bertz CT molecular complexity index is 952. The predicted octanol–water partition coefficient (Wildman–Crippen LogP) is 2.08. The molecule has 0 aliphatic rings. The highest BCUT2D eigenvalue weighted by Gasteiger charge is 2.31. The molecule has 182 valence electrons. The summed E-state index contributed by atoms with van der Waals surface area (Å²) in [6.07, 6.45) is -0.724. The zero-order valence-electron chi connectivity index (χ0n) is 19.4. The van der Waals surface area contributed by atoms with Crippen LogP contribution in [-0.4, -0.2) is 42.6 Å². The fourth-order valence-corrected chi connectivity index (χ4v) is 3.31. The summed E-state index contributed by atoms with van der Waals surface area (Å²) in [5.74, 6) is -2.53. The first-order valence-electron chi connectivity index (χ1n) is 11.1. The Balaban J connectivity index is 2.09. The lowest BCUT2D eigenvalue weighted by atomic mass is 9.96. The molecule has 2 aromatic rings. The van der Waals surface area contributed by atoms with Crippen LogP contribution in [0.1, 0.15) is 31.4 Å². The van der Waals surface area contributed by atoms with Crippen LogP contribution in [0.5, 0.6) is 0 Å². The zero-order valence-corrected chi connectivity index (χ0v) is 19.4. The molecule has 0 saturated carbocycles. The molecule has 0 aliphatic heterocycles. The number of benzene rings is 2. The van der Waals surface area contributed by atoms with Crippen LogP contribution in [0, 0.1) is 5.92 Å². The Hall–Kier alpha value is -3.88. The molecule has 9 heteroatoms. The molecule has 3 atom stereocenters. The van der Waals surface area contributed by atoms with Gasteiger partial charge in [0, 0.05) is 6.42 Å². The number of carbonyl (C=O) groups is 4. The summed E-state index contributed by atoms with van der Waals surface area (Å²) in [4.78, 5) is 49.3. The van der Waals surface area contributed by atoms with Gasteiger partial charge in [0.25, 0.3) is 0 Å². The molecule has 0 spiro atoms. The lowest BCUT2D eigenvalue weighted by Crippen LogP contribution is -2.55. The zero-order chi connectivity index (χ0) is 24.9. The summed E-state index contributed by atoms with van der Waals surface area (Å²) < 4.78 is 10.2. The van der Waals surface area contributed by atoms with Crippen LogP contribution in [0.15, 0.2) is 60.7 Å². The Morgan fingerprint density at radius 2 is 1.47 bits per heavy atom. The van der Waals surface area contributed by atoms with Gasteiger partial charge in [0.2, 0.25) is 11.8 Å². The largest absolute Gasteiger partial charge is 0.466 e. The third kappa shape index (κ3) is 8.93. The van der Waals surface area contributed by atoms with E-state index in [0.29, 0.717) is 0 Å². The summed E-state index contributed by atoms with van der Waals surface area (Å²) >= 11 is 0. The average molecular weight is 470 g/mol. The smallest absolute Gasteiger partial charge is 0.408 e.